The van der Waals surface area contributed by atoms with E-state index < -0.39 is 0 Å². The molecule has 0 spiro atoms. The highest BCUT2D eigenvalue weighted by atomic mass is 32.2. The molecule has 1 aliphatic heterocycles. The Morgan fingerprint density at radius 1 is 1.08 bits per heavy atom. The molecule has 9 heteroatoms. The van der Waals surface area contributed by atoms with Gasteiger partial charge in [0.15, 0.2) is 5.17 Å². The number of benzene rings is 2. The molecule has 38 heavy (non-hydrogen) atoms. The first-order valence-electron chi connectivity index (χ1n) is 12.3. The molecular weight excluding hydrogens is 502 g/mol. The molecule has 0 bridgehead atoms. The van der Waals surface area contributed by atoms with Crippen molar-refractivity contribution in [1.82, 2.24) is 9.47 Å². The Balaban J connectivity index is 1.67. The molecule has 0 unspecified atom stereocenters. The molecule has 3 aromatic rings. The van der Waals surface area contributed by atoms with E-state index in [-0.39, 0.29) is 11.9 Å². The number of carbonyl (C=O) groups is 2. The fourth-order valence-corrected chi connectivity index (χ4v) is 5.21. The van der Waals surface area contributed by atoms with Crippen LogP contribution in [0, 0.1) is 13.8 Å². The van der Waals surface area contributed by atoms with Crippen molar-refractivity contribution in [3.8, 4) is 11.4 Å². The summed E-state index contributed by atoms with van der Waals surface area (Å²) in [5.74, 6) is 0.268. The SMILES string of the molecule is CCOC(=O)c1cccc(-n2c(C)cc(/C=C3\SC(=Nc4ccc(OC)cc4)N(CCOC)C3=O)c2C)c1. The van der Waals surface area contributed by atoms with Crippen molar-refractivity contribution in [1.29, 1.82) is 0 Å². The third-order valence-electron chi connectivity index (χ3n) is 6.08. The van der Waals surface area contributed by atoms with Crippen LogP contribution in [0.3, 0.4) is 0 Å². The molecule has 198 valence electrons. The average molecular weight is 534 g/mol. The van der Waals surface area contributed by atoms with E-state index in [4.69, 9.17) is 19.2 Å². The summed E-state index contributed by atoms with van der Waals surface area (Å²) in [4.78, 5) is 32.6. The molecule has 0 N–H and O–H groups in total. The number of ether oxygens (including phenoxy) is 3. The Labute approximate surface area is 226 Å². The van der Waals surface area contributed by atoms with Crippen molar-refractivity contribution in [2.24, 2.45) is 4.99 Å². The van der Waals surface area contributed by atoms with Crippen LogP contribution in [0.15, 0.2) is 64.5 Å². The molecule has 1 aliphatic rings. The number of carbonyl (C=O) groups excluding carboxylic acids is 2. The number of methoxy groups -OCH3 is 2. The van der Waals surface area contributed by atoms with Gasteiger partial charge in [-0.3, -0.25) is 9.69 Å². The van der Waals surface area contributed by atoms with Gasteiger partial charge in [0.25, 0.3) is 5.91 Å². The van der Waals surface area contributed by atoms with Gasteiger partial charge in [0.05, 0.1) is 43.0 Å². The third kappa shape index (κ3) is 5.84. The van der Waals surface area contributed by atoms with Crippen molar-refractivity contribution in [2.75, 3.05) is 34.0 Å². The number of aryl methyl sites for hydroxylation is 1. The minimum atomic E-state index is -0.355. The molecule has 1 aromatic heterocycles. The summed E-state index contributed by atoms with van der Waals surface area (Å²) < 4.78 is 17.7. The van der Waals surface area contributed by atoms with E-state index in [1.807, 2.05) is 68.5 Å². The zero-order valence-electron chi connectivity index (χ0n) is 22.2. The van der Waals surface area contributed by atoms with Crippen molar-refractivity contribution >= 4 is 40.6 Å². The largest absolute Gasteiger partial charge is 0.497 e. The number of esters is 1. The van der Waals surface area contributed by atoms with Crippen LogP contribution >= 0.6 is 11.8 Å². The number of nitrogens with zero attached hydrogens (tertiary/aromatic N) is 3. The highest BCUT2D eigenvalue weighted by Crippen LogP contribution is 2.35. The van der Waals surface area contributed by atoms with E-state index in [1.165, 1.54) is 11.8 Å². The van der Waals surface area contributed by atoms with Gasteiger partial charge in [0, 0.05) is 24.2 Å². The predicted molar refractivity (Wildman–Crippen MR) is 150 cm³/mol. The Morgan fingerprint density at radius 2 is 1.84 bits per heavy atom. The molecule has 1 fully saturated rings. The van der Waals surface area contributed by atoms with E-state index in [0.717, 1.165) is 34.1 Å². The van der Waals surface area contributed by atoms with Crippen LogP contribution in [0.5, 0.6) is 5.75 Å². The Hall–Kier alpha value is -3.82. The number of amides is 1. The number of thioether (sulfide) groups is 1. The molecule has 0 saturated carbocycles. The quantitative estimate of drug-likeness (QED) is 0.266. The molecule has 8 nitrogen and oxygen atoms in total. The third-order valence-corrected chi connectivity index (χ3v) is 7.08. The maximum absolute atomic E-state index is 13.4. The van der Waals surface area contributed by atoms with Crippen molar-refractivity contribution in [3.05, 3.63) is 82.0 Å². The normalized spacial score (nSPS) is 15.5. The summed E-state index contributed by atoms with van der Waals surface area (Å²) in [6.07, 6.45) is 1.90. The van der Waals surface area contributed by atoms with Crippen LogP contribution in [0.25, 0.3) is 11.8 Å². The summed E-state index contributed by atoms with van der Waals surface area (Å²) in [6, 6.07) is 16.8. The monoisotopic (exact) mass is 533 g/mol. The Morgan fingerprint density at radius 3 is 2.53 bits per heavy atom. The second-order valence-electron chi connectivity index (χ2n) is 8.59. The molecule has 0 aliphatic carbocycles. The first-order chi connectivity index (χ1) is 18.4. The predicted octanol–water partition coefficient (Wildman–Crippen LogP) is 5.53. The summed E-state index contributed by atoms with van der Waals surface area (Å²) >= 11 is 1.34. The minimum absolute atomic E-state index is 0.117. The van der Waals surface area contributed by atoms with E-state index in [2.05, 4.69) is 4.57 Å². The van der Waals surface area contributed by atoms with Crippen LogP contribution in [-0.4, -0.2) is 60.5 Å². The highest BCUT2D eigenvalue weighted by molar-refractivity contribution is 8.18. The van der Waals surface area contributed by atoms with Gasteiger partial charge in [-0.1, -0.05) is 6.07 Å². The zero-order valence-corrected chi connectivity index (χ0v) is 23.0. The van der Waals surface area contributed by atoms with Crippen LogP contribution in [0.4, 0.5) is 5.69 Å². The van der Waals surface area contributed by atoms with Crippen LogP contribution < -0.4 is 4.74 Å². The second kappa shape index (κ2) is 12.1. The van der Waals surface area contributed by atoms with Crippen molar-refractivity contribution in [2.45, 2.75) is 20.8 Å². The topological polar surface area (TPSA) is 82.4 Å². The van der Waals surface area contributed by atoms with Crippen LogP contribution in [-0.2, 0) is 14.3 Å². The van der Waals surface area contributed by atoms with Gasteiger partial charge in [-0.25, -0.2) is 9.79 Å². The minimum Gasteiger partial charge on any atom is -0.497 e. The maximum Gasteiger partial charge on any atom is 0.338 e. The van der Waals surface area contributed by atoms with Gasteiger partial charge in [-0.05, 0) is 92.7 Å². The molecule has 2 aromatic carbocycles. The summed E-state index contributed by atoms with van der Waals surface area (Å²) in [7, 11) is 3.22. The highest BCUT2D eigenvalue weighted by Gasteiger charge is 2.33. The number of amidine groups is 1. The van der Waals surface area contributed by atoms with E-state index >= 15 is 0 Å². The van der Waals surface area contributed by atoms with Crippen LogP contribution in [0.2, 0.25) is 0 Å². The lowest BCUT2D eigenvalue weighted by atomic mass is 10.2. The lowest BCUT2D eigenvalue weighted by Gasteiger charge is -2.14. The molecule has 0 atom stereocenters. The summed E-state index contributed by atoms with van der Waals surface area (Å²) in [5, 5.41) is 0.597. The van der Waals surface area contributed by atoms with Gasteiger partial charge in [-0.15, -0.1) is 0 Å². The fourth-order valence-electron chi connectivity index (χ4n) is 4.20. The number of aliphatic imine (C=N–C) groups is 1. The number of rotatable bonds is 9. The lowest BCUT2D eigenvalue weighted by Crippen LogP contribution is -2.32. The maximum atomic E-state index is 13.4. The van der Waals surface area contributed by atoms with Gasteiger partial charge in [-0.2, -0.15) is 0 Å². The fraction of sp³-hybridized carbons (Fsp3) is 0.276. The van der Waals surface area contributed by atoms with E-state index in [0.29, 0.717) is 35.4 Å². The summed E-state index contributed by atoms with van der Waals surface area (Å²) in [6.45, 7) is 6.89. The Bertz CT molecular complexity index is 1390. The van der Waals surface area contributed by atoms with Gasteiger partial charge in [0.1, 0.15) is 5.75 Å². The first kappa shape index (κ1) is 27.2. The van der Waals surface area contributed by atoms with Gasteiger partial charge in [0.2, 0.25) is 0 Å². The van der Waals surface area contributed by atoms with Crippen LogP contribution in [0.1, 0.15) is 34.2 Å². The standard InChI is InChI=1S/C29H31N3O5S/c1-6-37-28(34)21-8-7-9-24(17-21)32-19(2)16-22(20(32)3)18-26-27(33)31(14-15-35-4)29(38-26)30-23-10-12-25(36-5)13-11-23/h7-13,16-18H,6,14-15H2,1-5H3/b26-18-,30-29?. The smallest absolute Gasteiger partial charge is 0.338 e. The zero-order chi connectivity index (χ0) is 27.2. The second-order valence-corrected chi connectivity index (χ2v) is 9.59. The van der Waals surface area contributed by atoms with Crippen molar-refractivity contribution < 1.29 is 23.8 Å². The summed E-state index contributed by atoms with van der Waals surface area (Å²) in [5.41, 5.74) is 4.92. The molecule has 1 saturated heterocycles. The number of hydrogen-bond acceptors (Lipinski definition) is 7. The molecule has 0 radical (unpaired) electrons. The lowest BCUT2D eigenvalue weighted by molar-refractivity contribution is -0.122. The molecule has 2 heterocycles. The molecule has 4 rings (SSSR count). The molecule has 1 amide bonds. The first-order valence-corrected chi connectivity index (χ1v) is 13.1. The average Bonchev–Trinajstić information content (AvgIpc) is 3.37. The number of hydrogen-bond donors (Lipinski definition) is 0. The van der Waals surface area contributed by atoms with Crippen molar-refractivity contribution in [3.63, 3.8) is 0 Å². The van der Waals surface area contributed by atoms with Gasteiger partial charge < -0.3 is 18.8 Å². The Kier molecular flexibility index (Phi) is 8.70. The van der Waals surface area contributed by atoms with E-state index in [9.17, 15) is 9.59 Å². The molecular formula is C29H31N3O5S. The van der Waals surface area contributed by atoms with Gasteiger partial charge >= 0.3 is 5.97 Å². The van der Waals surface area contributed by atoms with E-state index in [1.54, 1.807) is 32.1 Å². The number of aromatic nitrogens is 1.